The number of hydrogen-bond donors (Lipinski definition) is 1. The molecule has 38 heavy (non-hydrogen) atoms. The number of carbonyl (C=O) groups excluding carboxylic acids is 1. The molecule has 5 aromatic rings. The number of benzene rings is 3. The highest BCUT2D eigenvalue weighted by Crippen LogP contribution is 2.38. The number of hydrogen-bond acceptors (Lipinski definition) is 3. The van der Waals surface area contributed by atoms with Crippen LogP contribution in [0.4, 0.5) is 10.5 Å². The summed E-state index contributed by atoms with van der Waals surface area (Å²) in [5.41, 5.74) is 5.61. The molecule has 3 aromatic carbocycles. The molecule has 190 valence electrons. The maximum absolute atomic E-state index is 14.0. The number of nitrogens with zero attached hydrogens (tertiary/aromatic N) is 4. The van der Waals surface area contributed by atoms with Crippen molar-refractivity contribution in [2.45, 2.75) is 26.4 Å². The van der Waals surface area contributed by atoms with Crippen molar-refractivity contribution in [1.29, 1.82) is 0 Å². The Morgan fingerprint density at radius 3 is 2.37 bits per heavy atom. The van der Waals surface area contributed by atoms with Crippen LogP contribution in [-0.2, 0) is 6.54 Å². The molecule has 2 aromatic heterocycles. The summed E-state index contributed by atoms with van der Waals surface area (Å²) >= 11 is 0. The lowest BCUT2D eigenvalue weighted by Crippen LogP contribution is -2.38. The van der Waals surface area contributed by atoms with Crippen molar-refractivity contribution in [3.63, 3.8) is 0 Å². The van der Waals surface area contributed by atoms with Gasteiger partial charge in [-0.15, -0.1) is 0 Å². The van der Waals surface area contributed by atoms with Crippen molar-refractivity contribution in [1.82, 2.24) is 19.2 Å². The van der Waals surface area contributed by atoms with Crippen molar-refractivity contribution in [2.75, 3.05) is 11.9 Å². The molecule has 0 aliphatic carbocycles. The summed E-state index contributed by atoms with van der Waals surface area (Å²) in [6, 6.07) is 31.4. The number of ether oxygens (including phenoxy) is 1. The van der Waals surface area contributed by atoms with Crippen LogP contribution in [0.2, 0.25) is 0 Å². The molecular weight excluding hydrogens is 474 g/mol. The molecular formula is C31H29N5O2. The number of para-hydroxylation sites is 1. The van der Waals surface area contributed by atoms with Gasteiger partial charge >= 0.3 is 6.03 Å². The smallest absolute Gasteiger partial charge is 0.322 e. The number of aromatic nitrogens is 3. The fourth-order valence-corrected chi connectivity index (χ4v) is 5.13. The quantitative estimate of drug-likeness (QED) is 0.297. The van der Waals surface area contributed by atoms with Gasteiger partial charge in [-0.3, -0.25) is 0 Å². The maximum atomic E-state index is 14.0. The summed E-state index contributed by atoms with van der Waals surface area (Å²) in [4.78, 5) is 15.9. The topological polar surface area (TPSA) is 64.3 Å². The van der Waals surface area contributed by atoms with Crippen molar-refractivity contribution in [3.05, 3.63) is 126 Å². The number of rotatable bonds is 5. The summed E-state index contributed by atoms with van der Waals surface area (Å²) in [6.07, 6.45) is 2.05. The minimum atomic E-state index is -0.301. The van der Waals surface area contributed by atoms with Crippen LogP contribution >= 0.6 is 0 Å². The Kier molecular flexibility index (Phi) is 6.17. The summed E-state index contributed by atoms with van der Waals surface area (Å²) in [7, 11) is 0. The molecule has 1 N–H and O–H groups in total. The molecule has 1 aliphatic rings. The van der Waals surface area contributed by atoms with Crippen LogP contribution in [0.25, 0.3) is 11.5 Å². The number of anilines is 1. The van der Waals surface area contributed by atoms with Crippen LogP contribution in [0.1, 0.15) is 35.5 Å². The van der Waals surface area contributed by atoms with Crippen molar-refractivity contribution < 1.29 is 9.53 Å². The van der Waals surface area contributed by atoms with Crippen molar-refractivity contribution in [2.24, 2.45) is 0 Å². The van der Waals surface area contributed by atoms with Gasteiger partial charge in [0.25, 0.3) is 0 Å². The third-order valence-corrected chi connectivity index (χ3v) is 6.88. The monoisotopic (exact) mass is 503 g/mol. The summed E-state index contributed by atoms with van der Waals surface area (Å²) in [5, 5.41) is 8.02. The molecule has 1 aliphatic heterocycles. The fourth-order valence-electron chi connectivity index (χ4n) is 5.13. The van der Waals surface area contributed by atoms with Gasteiger partial charge in [-0.2, -0.15) is 5.10 Å². The molecule has 0 fully saturated rings. The highest BCUT2D eigenvalue weighted by molar-refractivity contribution is 5.90. The first-order valence-corrected chi connectivity index (χ1v) is 12.8. The first kappa shape index (κ1) is 23.6. The zero-order valence-electron chi connectivity index (χ0n) is 21.4. The molecule has 3 heterocycles. The fraction of sp³-hybridized carbons (Fsp3) is 0.161. The minimum absolute atomic E-state index is 0.185. The van der Waals surface area contributed by atoms with Crippen LogP contribution in [0, 0.1) is 6.92 Å². The van der Waals surface area contributed by atoms with E-state index in [-0.39, 0.29) is 12.1 Å². The Balaban J connectivity index is 1.47. The van der Waals surface area contributed by atoms with Gasteiger partial charge in [0.1, 0.15) is 11.6 Å². The summed E-state index contributed by atoms with van der Waals surface area (Å²) < 4.78 is 9.71. The van der Waals surface area contributed by atoms with Crippen molar-refractivity contribution in [3.8, 4) is 17.3 Å². The lowest BCUT2D eigenvalue weighted by Gasteiger charge is -2.31. The Morgan fingerprint density at radius 1 is 0.947 bits per heavy atom. The number of aryl methyl sites for hydroxylation is 1. The zero-order chi connectivity index (χ0) is 26.1. The normalized spacial score (nSPS) is 14.4. The molecule has 0 saturated carbocycles. The average Bonchev–Trinajstić information content (AvgIpc) is 3.51. The molecule has 2 amide bonds. The van der Waals surface area contributed by atoms with E-state index in [1.165, 1.54) is 0 Å². The molecule has 0 radical (unpaired) electrons. The van der Waals surface area contributed by atoms with Gasteiger partial charge in [0.2, 0.25) is 0 Å². The second-order valence-corrected chi connectivity index (χ2v) is 9.27. The van der Waals surface area contributed by atoms with Gasteiger partial charge in [0.05, 0.1) is 36.3 Å². The first-order valence-electron chi connectivity index (χ1n) is 12.8. The molecule has 0 bridgehead atoms. The van der Waals surface area contributed by atoms with Crippen LogP contribution < -0.4 is 10.1 Å². The number of amides is 2. The summed E-state index contributed by atoms with van der Waals surface area (Å²) in [5.74, 6) is 1.72. The number of urea groups is 1. The molecule has 0 unspecified atom stereocenters. The van der Waals surface area contributed by atoms with Crippen LogP contribution in [0.15, 0.2) is 103 Å². The van der Waals surface area contributed by atoms with E-state index in [1.807, 2.05) is 102 Å². The Labute approximate surface area is 221 Å². The van der Waals surface area contributed by atoms with E-state index >= 15 is 0 Å². The van der Waals surface area contributed by atoms with Gasteiger partial charge < -0.3 is 19.5 Å². The average molecular weight is 504 g/mol. The lowest BCUT2D eigenvalue weighted by atomic mass is 10.0. The van der Waals surface area contributed by atoms with Crippen LogP contribution in [0.3, 0.4) is 0 Å². The summed E-state index contributed by atoms with van der Waals surface area (Å²) in [6.45, 7) is 4.95. The first-order chi connectivity index (χ1) is 18.6. The third-order valence-electron chi connectivity index (χ3n) is 6.88. The standard InChI is InChI=1S/C31H29N5O2/c1-3-38-26-18-16-24(17-19-26)32-31(37)35-21-27-22(2)33-36(25-13-8-5-9-14-25)30(27)34-20-10-15-28(34)29(35)23-11-6-4-7-12-23/h4-20,29H,3,21H2,1-2H3,(H,32,37)/t29-/m0/s1. The molecule has 1 atom stereocenters. The Bertz CT molecular complexity index is 1560. The van der Waals surface area contributed by atoms with Crippen LogP contribution in [0.5, 0.6) is 5.75 Å². The van der Waals surface area contributed by atoms with E-state index in [0.29, 0.717) is 18.8 Å². The van der Waals surface area contributed by atoms with E-state index in [9.17, 15) is 4.79 Å². The molecule has 7 heteroatoms. The van der Waals surface area contributed by atoms with E-state index in [0.717, 1.165) is 39.8 Å². The predicted molar refractivity (Wildman–Crippen MR) is 148 cm³/mol. The number of nitrogens with one attached hydrogen (secondary N) is 1. The maximum Gasteiger partial charge on any atom is 0.322 e. The second kappa shape index (κ2) is 9.94. The van der Waals surface area contributed by atoms with Gasteiger partial charge in [0, 0.05) is 17.4 Å². The number of carbonyl (C=O) groups is 1. The second-order valence-electron chi connectivity index (χ2n) is 9.27. The van der Waals surface area contributed by atoms with Crippen LogP contribution in [-0.4, -0.2) is 31.9 Å². The zero-order valence-corrected chi connectivity index (χ0v) is 21.4. The lowest BCUT2D eigenvalue weighted by molar-refractivity contribution is 0.194. The van der Waals surface area contributed by atoms with Gasteiger partial charge in [-0.25, -0.2) is 9.48 Å². The highest BCUT2D eigenvalue weighted by Gasteiger charge is 2.36. The SMILES string of the molecule is CCOc1ccc(NC(=O)N2Cc3c(C)nn(-c4ccccc4)c3-n3cccc3[C@@H]2c2ccccc2)cc1. The largest absolute Gasteiger partial charge is 0.494 e. The van der Waals surface area contributed by atoms with E-state index < -0.39 is 0 Å². The predicted octanol–water partition coefficient (Wildman–Crippen LogP) is 6.51. The highest BCUT2D eigenvalue weighted by atomic mass is 16.5. The van der Waals surface area contributed by atoms with Gasteiger partial charge in [-0.1, -0.05) is 48.5 Å². The van der Waals surface area contributed by atoms with E-state index in [4.69, 9.17) is 9.84 Å². The Morgan fingerprint density at radius 2 is 1.66 bits per heavy atom. The van der Waals surface area contributed by atoms with Crippen molar-refractivity contribution >= 4 is 11.7 Å². The van der Waals surface area contributed by atoms with Gasteiger partial charge in [-0.05, 0) is 67.9 Å². The molecule has 0 spiro atoms. The van der Waals surface area contributed by atoms with E-state index in [2.05, 4.69) is 34.3 Å². The molecule has 0 saturated heterocycles. The minimum Gasteiger partial charge on any atom is -0.494 e. The third kappa shape index (κ3) is 4.22. The molecule has 6 rings (SSSR count). The molecule has 7 nitrogen and oxygen atoms in total. The van der Waals surface area contributed by atoms with E-state index in [1.54, 1.807) is 0 Å². The number of fused-ring (bicyclic) bond motifs is 3. The van der Waals surface area contributed by atoms with Gasteiger partial charge in [0.15, 0.2) is 0 Å². The Hall–Kier alpha value is -4.78.